The molecule has 2 heterocycles. The van der Waals surface area contributed by atoms with Crippen LogP contribution in [0.4, 0.5) is 5.69 Å². The van der Waals surface area contributed by atoms with Crippen molar-refractivity contribution in [3.8, 4) is 0 Å². The van der Waals surface area contributed by atoms with E-state index < -0.39 is 14.9 Å². The first-order valence-electron chi connectivity index (χ1n) is 8.91. The summed E-state index contributed by atoms with van der Waals surface area (Å²) in [6, 6.07) is 9.27. The highest BCUT2D eigenvalue weighted by Gasteiger charge is 2.30. The summed E-state index contributed by atoms with van der Waals surface area (Å²) in [4.78, 5) is 10.7. The normalized spacial score (nSPS) is 13.0. The topological polar surface area (TPSA) is 111 Å². The average Bonchev–Trinajstić information content (AvgIpc) is 3.28. The summed E-state index contributed by atoms with van der Waals surface area (Å²) in [6.07, 6.45) is 1.49. The molecule has 0 bridgehead atoms. The lowest BCUT2D eigenvalue weighted by atomic mass is 10.1. The summed E-state index contributed by atoms with van der Waals surface area (Å²) in [5.41, 5.74) is 1.47. The predicted octanol–water partition coefficient (Wildman–Crippen LogP) is 3.43. The summed E-state index contributed by atoms with van der Waals surface area (Å²) in [5.74, 6) is 0.531. The van der Waals surface area contributed by atoms with Crippen molar-refractivity contribution in [1.29, 1.82) is 0 Å². The Labute approximate surface area is 168 Å². The Kier molecular flexibility index (Phi) is 5.58. The van der Waals surface area contributed by atoms with Crippen LogP contribution < -0.4 is 0 Å². The zero-order valence-corrected chi connectivity index (χ0v) is 17.4. The number of nitro groups is 1. The number of hydrogen-bond donors (Lipinski definition) is 0. The van der Waals surface area contributed by atoms with Gasteiger partial charge < -0.3 is 4.42 Å². The van der Waals surface area contributed by atoms with Gasteiger partial charge in [0.15, 0.2) is 0 Å². The third-order valence-electron chi connectivity index (χ3n) is 4.82. The van der Waals surface area contributed by atoms with Crippen molar-refractivity contribution in [2.75, 3.05) is 7.05 Å². The zero-order valence-electron chi connectivity index (χ0n) is 16.6. The number of nitrogens with zero attached hydrogens (tertiary/aromatic N) is 4. The Hall–Kier alpha value is -2.98. The molecule has 0 saturated carbocycles. The molecular formula is C19H22N4O5S. The maximum Gasteiger partial charge on any atom is 0.269 e. The van der Waals surface area contributed by atoms with Crippen LogP contribution in [0.1, 0.15) is 35.7 Å². The van der Waals surface area contributed by atoms with Crippen LogP contribution >= 0.6 is 0 Å². The molecule has 1 aromatic carbocycles. The fraction of sp³-hybridized carbons (Fsp3) is 0.316. The van der Waals surface area contributed by atoms with Crippen LogP contribution in [-0.4, -0.2) is 34.5 Å². The number of non-ortho nitro benzene ring substituents is 1. The zero-order chi connectivity index (χ0) is 21.3. The molecule has 9 nitrogen and oxygen atoms in total. The van der Waals surface area contributed by atoms with Crippen LogP contribution in [0.2, 0.25) is 0 Å². The molecule has 0 radical (unpaired) electrons. The quantitative estimate of drug-likeness (QED) is 0.429. The highest BCUT2D eigenvalue weighted by Crippen LogP contribution is 2.29. The van der Waals surface area contributed by atoms with Gasteiger partial charge >= 0.3 is 0 Å². The van der Waals surface area contributed by atoms with Gasteiger partial charge in [-0.3, -0.25) is 14.8 Å². The Morgan fingerprint density at radius 2 is 2.00 bits per heavy atom. The van der Waals surface area contributed by atoms with E-state index in [9.17, 15) is 18.5 Å². The first-order valence-corrected chi connectivity index (χ1v) is 10.4. The van der Waals surface area contributed by atoms with E-state index in [0.717, 1.165) is 0 Å². The van der Waals surface area contributed by atoms with Crippen molar-refractivity contribution >= 4 is 15.7 Å². The summed E-state index contributed by atoms with van der Waals surface area (Å²) in [5, 5.41) is 15.5. The number of benzene rings is 1. The number of aromatic nitrogens is 2. The third kappa shape index (κ3) is 3.94. The molecule has 154 valence electrons. The lowest BCUT2D eigenvalue weighted by molar-refractivity contribution is -0.384. The van der Waals surface area contributed by atoms with E-state index in [1.54, 1.807) is 42.8 Å². The van der Waals surface area contributed by atoms with Gasteiger partial charge in [-0.05, 0) is 38.5 Å². The van der Waals surface area contributed by atoms with Crippen molar-refractivity contribution in [2.45, 2.75) is 38.3 Å². The molecule has 0 aliphatic rings. The smallest absolute Gasteiger partial charge is 0.269 e. The Balaban J connectivity index is 1.97. The van der Waals surface area contributed by atoms with Crippen LogP contribution in [-0.2, 0) is 16.6 Å². The minimum absolute atomic E-state index is 0.0260. The molecule has 3 rings (SSSR count). The Bertz CT molecular complexity index is 1140. The number of hydrogen-bond acceptors (Lipinski definition) is 6. The van der Waals surface area contributed by atoms with E-state index in [1.165, 1.54) is 29.7 Å². The number of sulfonamides is 1. The van der Waals surface area contributed by atoms with Crippen LogP contribution in [0.25, 0.3) is 0 Å². The minimum atomic E-state index is -3.81. The summed E-state index contributed by atoms with van der Waals surface area (Å²) in [6.45, 7) is 5.24. The predicted molar refractivity (Wildman–Crippen MR) is 106 cm³/mol. The van der Waals surface area contributed by atoms with Crippen molar-refractivity contribution in [2.24, 2.45) is 0 Å². The van der Waals surface area contributed by atoms with E-state index in [0.29, 0.717) is 22.7 Å². The first kappa shape index (κ1) is 20.7. The molecule has 0 N–H and O–H groups in total. The molecule has 0 fully saturated rings. The molecule has 3 aromatic rings. The van der Waals surface area contributed by atoms with Crippen molar-refractivity contribution in [3.63, 3.8) is 0 Å². The second kappa shape index (κ2) is 7.80. The second-order valence-electron chi connectivity index (χ2n) is 6.81. The van der Waals surface area contributed by atoms with E-state index in [-0.39, 0.29) is 23.2 Å². The average molecular weight is 418 g/mol. The maximum absolute atomic E-state index is 13.2. The standard InChI is InChI=1S/C19H22N4O5S/c1-13-19(29(26,27)21(4)12-18-9-6-10-28-18)15(3)22(20-13)14(2)16-7-5-8-17(11-16)23(24)25/h5-11,14H,12H2,1-4H3/t14-/m0/s1. The second-order valence-corrected chi connectivity index (χ2v) is 8.79. The van der Waals surface area contributed by atoms with Gasteiger partial charge in [-0.2, -0.15) is 9.40 Å². The molecule has 0 aliphatic heterocycles. The lowest BCUT2D eigenvalue weighted by Crippen LogP contribution is -2.27. The van der Waals surface area contributed by atoms with E-state index >= 15 is 0 Å². The van der Waals surface area contributed by atoms with Crippen molar-refractivity contribution in [1.82, 2.24) is 14.1 Å². The van der Waals surface area contributed by atoms with Gasteiger partial charge in [-0.15, -0.1) is 0 Å². The largest absolute Gasteiger partial charge is 0.468 e. The molecule has 0 unspecified atom stereocenters. The van der Waals surface area contributed by atoms with Crippen molar-refractivity contribution in [3.05, 3.63) is 75.5 Å². The van der Waals surface area contributed by atoms with Gasteiger partial charge in [0.25, 0.3) is 5.69 Å². The molecule has 29 heavy (non-hydrogen) atoms. The van der Waals surface area contributed by atoms with E-state index in [2.05, 4.69) is 5.10 Å². The van der Waals surface area contributed by atoms with Crippen molar-refractivity contribution < 1.29 is 17.8 Å². The van der Waals surface area contributed by atoms with Gasteiger partial charge in [-0.25, -0.2) is 8.42 Å². The highest BCUT2D eigenvalue weighted by atomic mass is 32.2. The molecule has 2 aromatic heterocycles. The van der Waals surface area contributed by atoms with Gasteiger partial charge in [0.05, 0.1) is 35.2 Å². The summed E-state index contributed by atoms with van der Waals surface area (Å²) >= 11 is 0. The number of rotatable bonds is 7. The first-order chi connectivity index (χ1) is 13.6. The van der Waals surface area contributed by atoms with Crippen LogP contribution in [0.3, 0.4) is 0 Å². The van der Waals surface area contributed by atoms with E-state index in [4.69, 9.17) is 4.42 Å². The molecule has 0 amide bonds. The van der Waals surface area contributed by atoms with Gasteiger partial charge in [0.1, 0.15) is 10.7 Å². The highest BCUT2D eigenvalue weighted by molar-refractivity contribution is 7.89. The molecule has 1 atom stereocenters. The molecule has 0 saturated heterocycles. The lowest BCUT2D eigenvalue weighted by Gasteiger charge is -2.18. The Morgan fingerprint density at radius 3 is 2.62 bits per heavy atom. The molecule has 0 spiro atoms. The Morgan fingerprint density at radius 1 is 1.28 bits per heavy atom. The molecular weight excluding hydrogens is 396 g/mol. The van der Waals surface area contributed by atoms with Crippen LogP contribution in [0.5, 0.6) is 0 Å². The third-order valence-corrected chi connectivity index (χ3v) is 6.87. The van der Waals surface area contributed by atoms with Crippen LogP contribution in [0, 0.1) is 24.0 Å². The van der Waals surface area contributed by atoms with Gasteiger partial charge in [-0.1, -0.05) is 12.1 Å². The van der Waals surface area contributed by atoms with Gasteiger partial charge in [0.2, 0.25) is 10.0 Å². The summed E-state index contributed by atoms with van der Waals surface area (Å²) < 4.78 is 34.4. The fourth-order valence-corrected chi connectivity index (χ4v) is 4.79. The maximum atomic E-state index is 13.2. The number of aryl methyl sites for hydroxylation is 1. The van der Waals surface area contributed by atoms with Gasteiger partial charge in [0, 0.05) is 19.2 Å². The number of furan rings is 1. The molecule has 10 heteroatoms. The SMILES string of the molecule is Cc1nn([C@@H](C)c2cccc([N+](=O)[O-])c2)c(C)c1S(=O)(=O)N(C)Cc1ccco1. The number of nitro benzene ring substituents is 1. The van der Waals surface area contributed by atoms with E-state index in [1.807, 2.05) is 6.92 Å². The fourth-order valence-electron chi connectivity index (χ4n) is 3.30. The van der Waals surface area contributed by atoms with Crippen LogP contribution in [0.15, 0.2) is 52.0 Å². The monoisotopic (exact) mass is 418 g/mol. The molecule has 0 aliphatic carbocycles. The summed E-state index contributed by atoms with van der Waals surface area (Å²) in [7, 11) is -2.33. The minimum Gasteiger partial charge on any atom is -0.468 e.